The molecule has 0 bridgehead atoms. The zero-order valence-electron chi connectivity index (χ0n) is 13.3. The third-order valence-electron chi connectivity index (χ3n) is 3.63. The second kappa shape index (κ2) is 5.56. The van der Waals surface area contributed by atoms with Gasteiger partial charge in [-0.1, -0.05) is 30.3 Å². The van der Waals surface area contributed by atoms with Crippen molar-refractivity contribution in [3.63, 3.8) is 0 Å². The summed E-state index contributed by atoms with van der Waals surface area (Å²) in [6.45, 7) is 8.75. The van der Waals surface area contributed by atoms with Gasteiger partial charge in [-0.2, -0.15) is 0 Å². The smallest absolute Gasteiger partial charge is 0.240 e. The fourth-order valence-electron chi connectivity index (χ4n) is 2.79. The monoisotopic (exact) mass is 315 g/mol. The highest BCUT2D eigenvalue weighted by molar-refractivity contribution is 8.02. The van der Waals surface area contributed by atoms with Crippen LogP contribution < -0.4 is 5.32 Å². The SMILES string of the molecule is CC1(C)N[C@@H](c2nnc(/C=C/c3ccccc3)o2)C(C)(C)S1. The molecule has 1 aromatic heterocycles. The summed E-state index contributed by atoms with van der Waals surface area (Å²) in [6.07, 6.45) is 3.83. The molecule has 3 rings (SSSR count). The summed E-state index contributed by atoms with van der Waals surface area (Å²) in [7, 11) is 0. The van der Waals surface area contributed by atoms with Crippen LogP contribution in [0.3, 0.4) is 0 Å². The summed E-state index contributed by atoms with van der Waals surface area (Å²) >= 11 is 1.89. The van der Waals surface area contributed by atoms with Crippen molar-refractivity contribution in [1.82, 2.24) is 15.5 Å². The number of nitrogens with one attached hydrogen (secondary N) is 1. The zero-order chi connectivity index (χ0) is 15.8. The minimum Gasteiger partial charge on any atom is -0.420 e. The molecule has 1 aliphatic rings. The van der Waals surface area contributed by atoms with Crippen molar-refractivity contribution in [1.29, 1.82) is 0 Å². The maximum Gasteiger partial charge on any atom is 0.240 e. The third kappa shape index (κ3) is 3.25. The first-order valence-corrected chi connectivity index (χ1v) is 8.22. The minimum absolute atomic E-state index is 0.00266. The van der Waals surface area contributed by atoms with Gasteiger partial charge in [0.1, 0.15) is 6.04 Å². The van der Waals surface area contributed by atoms with Gasteiger partial charge in [-0.25, -0.2) is 0 Å². The van der Waals surface area contributed by atoms with E-state index in [1.165, 1.54) is 0 Å². The molecule has 0 aliphatic carbocycles. The normalized spacial score (nSPS) is 23.2. The van der Waals surface area contributed by atoms with Gasteiger partial charge in [0.15, 0.2) is 0 Å². The highest BCUT2D eigenvalue weighted by atomic mass is 32.2. The van der Waals surface area contributed by atoms with Crippen molar-refractivity contribution in [2.24, 2.45) is 0 Å². The lowest BCUT2D eigenvalue weighted by Crippen LogP contribution is -2.34. The van der Waals surface area contributed by atoms with Crippen molar-refractivity contribution in [3.8, 4) is 0 Å². The van der Waals surface area contributed by atoms with Gasteiger partial charge in [-0.3, -0.25) is 5.32 Å². The van der Waals surface area contributed by atoms with Gasteiger partial charge in [0.2, 0.25) is 11.8 Å². The summed E-state index contributed by atoms with van der Waals surface area (Å²) in [6, 6.07) is 10.1. The Morgan fingerprint density at radius 3 is 2.45 bits per heavy atom. The van der Waals surface area contributed by atoms with Crippen LogP contribution >= 0.6 is 11.8 Å². The van der Waals surface area contributed by atoms with Crippen LogP contribution in [-0.2, 0) is 0 Å². The third-order valence-corrected chi connectivity index (χ3v) is 5.02. The average Bonchev–Trinajstić information content (AvgIpc) is 2.99. The molecule has 5 heteroatoms. The van der Waals surface area contributed by atoms with E-state index in [4.69, 9.17) is 4.42 Å². The highest BCUT2D eigenvalue weighted by Gasteiger charge is 2.48. The Hall–Kier alpha value is -1.59. The Morgan fingerprint density at radius 1 is 1.09 bits per heavy atom. The molecule has 1 fully saturated rings. The first-order chi connectivity index (χ1) is 10.4. The molecule has 0 saturated carbocycles. The van der Waals surface area contributed by atoms with E-state index in [1.807, 2.05) is 54.2 Å². The average molecular weight is 315 g/mol. The first-order valence-electron chi connectivity index (χ1n) is 7.40. The molecular weight excluding hydrogens is 294 g/mol. The number of nitrogens with zero attached hydrogens (tertiary/aromatic N) is 2. The highest BCUT2D eigenvalue weighted by Crippen LogP contribution is 2.50. The zero-order valence-corrected chi connectivity index (χ0v) is 14.1. The molecule has 1 atom stereocenters. The predicted molar refractivity (Wildman–Crippen MR) is 91.3 cm³/mol. The molecule has 2 aromatic rings. The largest absolute Gasteiger partial charge is 0.420 e. The standard InChI is InChI=1S/C17H21N3OS/c1-16(2)14(18-17(3,4)22-16)15-20-19-13(21-15)11-10-12-8-6-5-7-9-12/h5-11,14,18H,1-4H3/b11-10+/t14-/m0/s1. The van der Waals surface area contributed by atoms with Crippen molar-refractivity contribution in [2.75, 3.05) is 0 Å². The van der Waals surface area contributed by atoms with Crippen molar-refractivity contribution >= 4 is 23.9 Å². The number of benzene rings is 1. The lowest BCUT2D eigenvalue weighted by atomic mass is 10.0. The molecule has 22 heavy (non-hydrogen) atoms. The summed E-state index contributed by atoms with van der Waals surface area (Å²) in [5.41, 5.74) is 1.11. The molecule has 116 valence electrons. The number of hydrogen-bond acceptors (Lipinski definition) is 5. The molecular formula is C17H21N3OS. The van der Waals surface area contributed by atoms with E-state index >= 15 is 0 Å². The van der Waals surface area contributed by atoms with Crippen molar-refractivity contribution in [3.05, 3.63) is 47.7 Å². The maximum absolute atomic E-state index is 5.83. The molecule has 4 nitrogen and oxygen atoms in total. The molecule has 2 heterocycles. The number of aromatic nitrogens is 2. The van der Waals surface area contributed by atoms with Gasteiger partial charge in [-0.05, 0) is 39.3 Å². The lowest BCUT2D eigenvalue weighted by molar-refractivity contribution is 0.347. The van der Waals surface area contributed by atoms with Crippen LogP contribution in [0.2, 0.25) is 0 Å². The fraction of sp³-hybridized carbons (Fsp3) is 0.412. The van der Waals surface area contributed by atoms with Crippen LogP contribution in [-0.4, -0.2) is 19.8 Å². The molecule has 1 aliphatic heterocycles. The number of rotatable bonds is 3. The summed E-state index contributed by atoms with van der Waals surface area (Å²) in [4.78, 5) is 0.00266. The molecule has 1 N–H and O–H groups in total. The Labute approximate surface area is 135 Å². The maximum atomic E-state index is 5.83. The second-order valence-corrected chi connectivity index (χ2v) is 8.79. The topological polar surface area (TPSA) is 51.0 Å². The van der Waals surface area contributed by atoms with Gasteiger partial charge in [0.05, 0.1) is 4.87 Å². The van der Waals surface area contributed by atoms with Crippen LogP contribution in [0.25, 0.3) is 12.2 Å². The van der Waals surface area contributed by atoms with E-state index in [-0.39, 0.29) is 15.7 Å². The van der Waals surface area contributed by atoms with E-state index in [9.17, 15) is 0 Å². The van der Waals surface area contributed by atoms with Crippen LogP contribution in [0.15, 0.2) is 34.7 Å². The van der Waals surface area contributed by atoms with E-state index in [0.717, 1.165) is 5.56 Å². The summed E-state index contributed by atoms with van der Waals surface area (Å²) in [5, 5.41) is 11.9. The van der Waals surface area contributed by atoms with E-state index < -0.39 is 0 Å². The molecule has 0 spiro atoms. The van der Waals surface area contributed by atoms with Gasteiger partial charge >= 0.3 is 0 Å². The van der Waals surface area contributed by atoms with Crippen LogP contribution in [0.1, 0.15) is 51.1 Å². The molecule has 0 amide bonds. The number of thioether (sulfide) groups is 1. The predicted octanol–water partition coefficient (Wildman–Crippen LogP) is 4.13. The Kier molecular flexibility index (Phi) is 3.87. The lowest BCUT2D eigenvalue weighted by Gasteiger charge is -2.21. The van der Waals surface area contributed by atoms with Crippen molar-refractivity contribution in [2.45, 2.75) is 43.4 Å². The minimum atomic E-state index is 0.00266. The Balaban J connectivity index is 1.78. The summed E-state index contributed by atoms with van der Waals surface area (Å²) in [5.74, 6) is 1.18. The molecule has 1 saturated heterocycles. The van der Waals surface area contributed by atoms with Gasteiger partial charge < -0.3 is 4.42 Å². The van der Waals surface area contributed by atoms with Gasteiger partial charge in [0, 0.05) is 10.8 Å². The van der Waals surface area contributed by atoms with Crippen LogP contribution in [0.4, 0.5) is 0 Å². The van der Waals surface area contributed by atoms with Gasteiger partial charge in [-0.15, -0.1) is 22.0 Å². The van der Waals surface area contributed by atoms with Gasteiger partial charge in [0.25, 0.3) is 0 Å². The van der Waals surface area contributed by atoms with Crippen LogP contribution in [0, 0.1) is 0 Å². The molecule has 1 aromatic carbocycles. The number of hydrogen-bond donors (Lipinski definition) is 1. The quantitative estimate of drug-likeness (QED) is 0.923. The van der Waals surface area contributed by atoms with Crippen LogP contribution in [0.5, 0.6) is 0 Å². The van der Waals surface area contributed by atoms with E-state index in [0.29, 0.717) is 11.8 Å². The van der Waals surface area contributed by atoms with E-state index in [1.54, 1.807) is 0 Å². The van der Waals surface area contributed by atoms with E-state index in [2.05, 4.69) is 43.2 Å². The second-order valence-electron chi connectivity index (χ2n) is 6.52. The molecule has 0 unspecified atom stereocenters. The van der Waals surface area contributed by atoms with Crippen molar-refractivity contribution < 1.29 is 4.42 Å². The first kappa shape index (κ1) is 15.3. The summed E-state index contributed by atoms with van der Waals surface area (Å²) < 4.78 is 5.84. The Bertz CT molecular complexity index is 676. The Morgan fingerprint density at radius 2 is 1.82 bits per heavy atom. The molecule has 0 radical (unpaired) electrons. The fourth-order valence-corrected chi connectivity index (χ4v) is 4.56.